The lowest BCUT2D eigenvalue weighted by molar-refractivity contribution is -0.142. The Balaban J connectivity index is 1.70. The van der Waals surface area contributed by atoms with Crippen molar-refractivity contribution in [2.75, 3.05) is 7.11 Å². The summed E-state index contributed by atoms with van der Waals surface area (Å²) in [5.74, 6) is 1.18. The summed E-state index contributed by atoms with van der Waals surface area (Å²) in [6.45, 7) is 0. The number of benzene rings is 3. The standard InChI is InChI=1S/C22H20O4/c1-25-19-6-2-4-15-5-3-7-20(21(15)19)26-18-11-10-14-8-9-16(22(23)24)12-17(14)13-18/h2-7,10-11,13,16H,8-9,12H2,1H3,(H,23,24). The van der Waals surface area contributed by atoms with E-state index >= 15 is 0 Å². The van der Waals surface area contributed by atoms with Crippen LogP contribution < -0.4 is 9.47 Å². The van der Waals surface area contributed by atoms with Crippen LogP contribution >= 0.6 is 0 Å². The molecule has 0 aliphatic heterocycles. The summed E-state index contributed by atoms with van der Waals surface area (Å²) in [5, 5.41) is 11.3. The lowest BCUT2D eigenvalue weighted by Crippen LogP contribution is -2.22. The molecule has 3 aromatic carbocycles. The van der Waals surface area contributed by atoms with Gasteiger partial charge in [0.25, 0.3) is 0 Å². The number of hydrogen-bond donors (Lipinski definition) is 1. The van der Waals surface area contributed by atoms with E-state index in [4.69, 9.17) is 9.47 Å². The predicted octanol–water partition coefficient (Wildman–Crippen LogP) is 4.83. The molecule has 0 aromatic heterocycles. The molecule has 0 saturated carbocycles. The number of aliphatic carboxylic acids is 1. The van der Waals surface area contributed by atoms with E-state index in [0.717, 1.165) is 34.3 Å². The second-order valence-electron chi connectivity index (χ2n) is 6.63. The molecule has 0 radical (unpaired) electrons. The molecule has 0 heterocycles. The maximum absolute atomic E-state index is 11.3. The molecule has 3 aromatic rings. The van der Waals surface area contributed by atoms with E-state index in [9.17, 15) is 9.90 Å². The molecule has 1 N–H and O–H groups in total. The molecule has 4 heteroatoms. The normalized spacial score (nSPS) is 16.1. The molecule has 1 unspecified atom stereocenters. The summed E-state index contributed by atoms with van der Waals surface area (Å²) >= 11 is 0. The summed E-state index contributed by atoms with van der Waals surface area (Å²) < 4.78 is 11.7. The van der Waals surface area contributed by atoms with E-state index in [-0.39, 0.29) is 5.92 Å². The molecule has 26 heavy (non-hydrogen) atoms. The minimum Gasteiger partial charge on any atom is -0.496 e. The van der Waals surface area contributed by atoms with Crippen LogP contribution in [0.4, 0.5) is 0 Å². The van der Waals surface area contributed by atoms with E-state index in [0.29, 0.717) is 18.6 Å². The highest BCUT2D eigenvalue weighted by Gasteiger charge is 2.24. The second-order valence-corrected chi connectivity index (χ2v) is 6.63. The average molecular weight is 348 g/mol. The van der Waals surface area contributed by atoms with Gasteiger partial charge < -0.3 is 14.6 Å². The number of fused-ring (bicyclic) bond motifs is 2. The zero-order valence-electron chi connectivity index (χ0n) is 14.6. The number of ether oxygens (including phenoxy) is 2. The molecule has 0 bridgehead atoms. The fourth-order valence-electron chi connectivity index (χ4n) is 3.66. The molecule has 1 aliphatic carbocycles. The van der Waals surface area contributed by atoms with Crippen molar-refractivity contribution in [2.24, 2.45) is 5.92 Å². The maximum atomic E-state index is 11.3. The molecular formula is C22H20O4. The third kappa shape index (κ3) is 2.99. The summed E-state index contributed by atoms with van der Waals surface area (Å²) in [4.78, 5) is 11.3. The van der Waals surface area contributed by atoms with E-state index < -0.39 is 5.97 Å². The highest BCUT2D eigenvalue weighted by Crippen LogP contribution is 2.37. The predicted molar refractivity (Wildman–Crippen MR) is 100 cm³/mol. The van der Waals surface area contributed by atoms with Gasteiger partial charge in [0.15, 0.2) is 0 Å². The third-order valence-electron chi connectivity index (χ3n) is 5.03. The van der Waals surface area contributed by atoms with Crippen LogP contribution in [0.25, 0.3) is 10.8 Å². The zero-order valence-corrected chi connectivity index (χ0v) is 14.6. The Kier molecular flexibility index (Phi) is 4.25. The van der Waals surface area contributed by atoms with Gasteiger partial charge in [-0.2, -0.15) is 0 Å². The number of carbonyl (C=O) groups is 1. The number of carboxylic acids is 1. The summed E-state index contributed by atoms with van der Waals surface area (Å²) in [5.41, 5.74) is 2.28. The van der Waals surface area contributed by atoms with Gasteiger partial charge in [0, 0.05) is 0 Å². The summed E-state index contributed by atoms with van der Waals surface area (Å²) in [7, 11) is 1.65. The molecule has 4 nitrogen and oxygen atoms in total. The van der Waals surface area contributed by atoms with Gasteiger partial charge in [0.2, 0.25) is 0 Å². The Hall–Kier alpha value is -3.01. The third-order valence-corrected chi connectivity index (χ3v) is 5.03. The Morgan fingerprint density at radius 3 is 2.54 bits per heavy atom. The summed E-state index contributed by atoms with van der Waals surface area (Å²) in [6, 6.07) is 17.8. The van der Waals surface area contributed by atoms with Gasteiger partial charge in [-0.3, -0.25) is 4.79 Å². The van der Waals surface area contributed by atoms with Gasteiger partial charge in [-0.15, -0.1) is 0 Å². The first kappa shape index (κ1) is 16.5. The zero-order chi connectivity index (χ0) is 18.1. The fraction of sp³-hybridized carbons (Fsp3) is 0.227. The first-order chi connectivity index (χ1) is 12.7. The van der Waals surface area contributed by atoms with Crippen LogP contribution in [0, 0.1) is 5.92 Å². The van der Waals surface area contributed by atoms with E-state index in [1.54, 1.807) is 7.11 Å². The van der Waals surface area contributed by atoms with Crippen molar-refractivity contribution in [1.82, 2.24) is 0 Å². The Morgan fingerprint density at radius 1 is 1.04 bits per heavy atom. The quantitative estimate of drug-likeness (QED) is 0.734. The number of rotatable bonds is 4. The van der Waals surface area contributed by atoms with Crippen molar-refractivity contribution in [3.8, 4) is 17.2 Å². The van der Waals surface area contributed by atoms with E-state index in [1.165, 1.54) is 5.56 Å². The lowest BCUT2D eigenvalue weighted by Gasteiger charge is -2.22. The van der Waals surface area contributed by atoms with Gasteiger partial charge in [-0.25, -0.2) is 0 Å². The smallest absolute Gasteiger partial charge is 0.306 e. The highest BCUT2D eigenvalue weighted by atomic mass is 16.5. The van der Waals surface area contributed by atoms with Crippen LogP contribution in [-0.2, 0) is 17.6 Å². The highest BCUT2D eigenvalue weighted by molar-refractivity contribution is 5.94. The Bertz CT molecular complexity index is 972. The van der Waals surface area contributed by atoms with Crippen molar-refractivity contribution < 1.29 is 19.4 Å². The van der Waals surface area contributed by atoms with Gasteiger partial charge in [-0.05, 0) is 60.0 Å². The van der Waals surface area contributed by atoms with Crippen molar-refractivity contribution in [3.05, 3.63) is 65.7 Å². The second kappa shape index (κ2) is 6.71. The van der Waals surface area contributed by atoms with Gasteiger partial charge >= 0.3 is 5.97 Å². The van der Waals surface area contributed by atoms with Crippen molar-refractivity contribution >= 4 is 16.7 Å². The van der Waals surface area contributed by atoms with Gasteiger partial charge in [-0.1, -0.05) is 30.3 Å². The van der Waals surface area contributed by atoms with Crippen LogP contribution in [0.1, 0.15) is 17.5 Å². The topological polar surface area (TPSA) is 55.8 Å². The van der Waals surface area contributed by atoms with Gasteiger partial charge in [0.05, 0.1) is 18.4 Å². The van der Waals surface area contributed by atoms with Crippen LogP contribution in [0.15, 0.2) is 54.6 Å². The molecule has 4 rings (SSSR count). The summed E-state index contributed by atoms with van der Waals surface area (Å²) in [6.07, 6.45) is 2.05. The van der Waals surface area contributed by atoms with Crippen LogP contribution in [0.5, 0.6) is 17.2 Å². The fourth-order valence-corrected chi connectivity index (χ4v) is 3.66. The first-order valence-corrected chi connectivity index (χ1v) is 8.74. The van der Waals surface area contributed by atoms with Crippen LogP contribution in [0.3, 0.4) is 0 Å². The molecule has 132 valence electrons. The maximum Gasteiger partial charge on any atom is 0.306 e. The lowest BCUT2D eigenvalue weighted by atomic mass is 9.84. The molecule has 0 amide bonds. The molecule has 0 spiro atoms. The van der Waals surface area contributed by atoms with E-state index in [2.05, 4.69) is 0 Å². The SMILES string of the molecule is COc1cccc2cccc(Oc3ccc4c(c3)CC(C(=O)O)CC4)c12. The van der Waals surface area contributed by atoms with E-state index in [1.807, 2.05) is 54.6 Å². The minimum absolute atomic E-state index is 0.310. The Morgan fingerprint density at radius 2 is 1.81 bits per heavy atom. The molecule has 1 aliphatic rings. The van der Waals surface area contributed by atoms with Crippen molar-refractivity contribution in [1.29, 1.82) is 0 Å². The molecule has 0 saturated heterocycles. The monoisotopic (exact) mass is 348 g/mol. The van der Waals surface area contributed by atoms with Crippen molar-refractivity contribution in [2.45, 2.75) is 19.3 Å². The van der Waals surface area contributed by atoms with Crippen LogP contribution in [-0.4, -0.2) is 18.2 Å². The number of methoxy groups -OCH3 is 1. The molecule has 1 atom stereocenters. The Labute approximate surface area is 152 Å². The number of hydrogen-bond acceptors (Lipinski definition) is 3. The minimum atomic E-state index is -0.722. The van der Waals surface area contributed by atoms with Gasteiger partial charge in [0.1, 0.15) is 17.2 Å². The average Bonchev–Trinajstić information content (AvgIpc) is 2.67. The van der Waals surface area contributed by atoms with Crippen LogP contribution in [0.2, 0.25) is 0 Å². The number of aryl methyl sites for hydroxylation is 1. The largest absolute Gasteiger partial charge is 0.496 e. The first-order valence-electron chi connectivity index (χ1n) is 8.74. The van der Waals surface area contributed by atoms with Crippen molar-refractivity contribution in [3.63, 3.8) is 0 Å². The molecular weight excluding hydrogens is 328 g/mol. The number of carboxylic acid groups (broad SMARTS) is 1. The molecule has 0 fully saturated rings.